The number of halogens is 1. The maximum Gasteiger partial charge on any atom is 0.146 e. The quantitative estimate of drug-likeness (QED) is 0.902. The summed E-state index contributed by atoms with van der Waals surface area (Å²) in [7, 11) is 0. The molecule has 0 aliphatic carbocycles. The smallest absolute Gasteiger partial charge is 0.146 e. The third-order valence-electron chi connectivity index (χ3n) is 2.65. The van der Waals surface area contributed by atoms with Crippen LogP contribution in [0.4, 0.5) is 4.39 Å². The van der Waals surface area contributed by atoms with E-state index in [0.717, 1.165) is 23.7 Å². The normalized spacial score (nSPS) is 12.6. The van der Waals surface area contributed by atoms with Gasteiger partial charge in [0, 0.05) is 17.1 Å². The van der Waals surface area contributed by atoms with Crippen molar-refractivity contribution in [1.82, 2.24) is 15.3 Å². The molecule has 18 heavy (non-hydrogen) atoms. The number of hydrogen-bond donors (Lipinski definition) is 1. The van der Waals surface area contributed by atoms with Crippen molar-refractivity contribution in [2.45, 2.75) is 26.3 Å². The van der Waals surface area contributed by atoms with Gasteiger partial charge in [0.2, 0.25) is 0 Å². The predicted octanol–water partition coefficient (Wildman–Crippen LogP) is 3.07. The highest BCUT2D eigenvalue weighted by atomic mass is 32.1. The predicted molar refractivity (Wildman–Crippen MR) is 71.2 cm³/mol. The molecule has 0 radical (unpaired) electrons. The lowest BCUT2D eigenvalue weighted by molar-refractivity contribution is 0.537. The topological polar surface area (TPSA) is 37.8 Å². The summed E-state index contributed by atoms with van der Waals surface area (Å²) in [5, 5.41) is 6.30. The zero-order chi connectivity index (χ0) is 13.0. The van der Waals surface area contributed by atoms with Crippen molar-refractivity contribution in [3.63, 3.8) is 0 Å². The van der Waals surface area contributed by atoms with Gasteiger partial charge in [-0.3, -0.25) is 4.98 Å². The number of thiazole rings is 1. The molecule has 96 valence electrons. The zero-order valence-electron chi connectivity index (χ0n) is 10.5. The molecule has 1 atom stereocenters. The fourth-order valence-corrected chi connectivity index (χ4v) is 2.43. The Labute approximate surface area is 110 Å². The number of rotatable bonds is 5. The van der Waals surface area contributed by atoms with Crippen molar-refractivity contribution in [2.75, 3.05) is 6.54 Å². The third-order valence-corrected chi connectivity index (χ3v) is 3.44. The Morgan fingerprint density at radius 3 is 2.94 bits per heavy atom. The molecule has 0 spiro atoms. The molecule has 1 N–H and O–H groups in total. The van der Waals surface area contributed by atoms with Crippen molar-refractivity contribution in [3.8, 4) is 0 Å². The summed E-state index contributed by atoms with van der Waals surface area (Å²) in [4.78, 5) is 8.24. The lowest BCUT2D eigenvalue weighted by Gasteiger charge is -2.17. The van der Waals surface area contributed by atoms with Crippen LogP contribution >= 0.6 is 11.3 Å². The Kier molecular flexibility index (Phi) is 4.38. The molecule has 0 aromatic carbocycles. The van der Waals surface area contributed by atoms with Crippen LogP contribution in [0.2, 0.25) is 0 Å². The monoisotopic (exact) mass is 265 g/mol. The number of aryl methyl sites for hydroxylation is 1. The minimum atomic E-state index is -0.295. The van der Waals surface area contributed by atoms with Crippen LogP contribution in [0.15, 0.2) is 23.8 Å². The fourth-order valence-electron chi connectivity index (χ4n) is 1.80. The van der Waals surface area contributed by atoms with Crippen molar-refractivity contribution < 1.29 is 4.39 Å². The number of pyridine rings is 1. The molecule has 1 unspecified atom stereocenters. The summed E-state index contributed by atoms with van der Waals surface area (Å²) in [5.41, 5.74) is 1.47. The first kappa shape index (κ1) is 13.1. The van der Waals surface area contributed by atoms with Gasteiger partial charge in [0.15, 0.2) is 0 Å². The van der Waals surface area contributed by atoms with Crippen LogP contribution in [0, 0.1) is 12.7 Å². The molecule has 2 heterocycles. The SMILES string of the molecule is CCCNC(c1csc(C)n1)c1ccncc1F. The van der Waals surface area contributed by atoms with Gasteiger partial charge in [-0.05, 0) is 26.0 Å². The fraction of sp³-hybridized carbons (Fsp3) is 0.385. The standard InChI is InChI=1S/C13H16FN3S/c1-3-5-16-13(12-8-18-9(2)17-12)10-4-6-15-7-11(10)14/h4,6-8,13,16H,3,5H2,1-2H3. The number of nitrogens with one attached hydrogen (secondary N) is 1. The third kappa shape index (κ3) is 2.91. The number of nitrogens with zero attached hydrogens (tertiary/aromatic N) is 2. The Hall–Kier alpha value is -1.33. The second kappa shape index (κ2) is 6.02. The lowest BCUT2D eigenvalue weighted by Crippen LogP contribution is -2.24. The molecule has 0 aliphatic rings. The minimum absolute atomic E-state index is 0.196. The second-order valence-corrected chi connectivity index (χ2v) is 5.14. The van der Waals surface area contributed by atoms with Crippen LogP contribution < -0.4 is 5.32 Å². The van der Waals surface area contributed by atoms with E-state index in [0.29, 0.717) is 5.56 Å². The molecule has 2 aromatic rings. The van der Waals surface area contributed by atoms with E-state index in [1.54, 1.807) is 23.6 Å². The first-order valence-corrected chi connectivity index (χ1v) is 6.85. The van der Waals surface area contributed by atoms with Crippen LogP contribution in [-0.2, 0) is 0 Å². The summed E-state index contributed by atoms with van der Waals surface area (Å²) in [6.07, 6.45) is 3.85. The molecule has 0 saturated carbocycles. The zero-order valence-corrected chi connectivity index (χ0v) is 11.3. The molecule has 0 amide bonds. The average molecular weight is 265 g/mol. The van der Waals surface area contributed by atoms with E-state index in [-0.39, 0.29) is 11.9 Å². The van der Waals surface area contributed by atoms with Crippen molar-refractivity contribution in [2.24, 2.45) is 0 Å². The van der Waals surface area contributed by atoms with Gasteiger partial charge in [-0.2, -0.15) is 0 Å². The van der Waals surface area contributed by atoms with E-state index < -0.39 is 0 Å². The molecule has 5 heteroatoms. The Morgan fingerprint density at radius 2 is 2.33 bits per heavy atom. The van der Waals surface area contributed by atoms with Crippen molar-refractivity contribution >= 4 is 11.3 Å². The second-order valence-electron chi connectivity index (χ2n) is 4.08. The largest absolute Gasteiger partial charge is 0.305 e. The van der Waals surface area contributed by atoms with Gasteiger partial charge in [-0.1, -0.05) is 6.92 Å². The number of aromatic nitrogens is 2. The molecule has 2 rings (SSSR count). The average Bonchev–Trinajstić information content (AvgIpc) is 2.78. The Morgan fingerprint density at radius 1 is 1.50 bits per heavy atom. The van der Waals surface area contributed by atoms with Crippen LogP contribution in [0.3, 0.4) is 0 Å². The lowest BCUT2D eigenvalue weighted by atomic mass is 10.1. The summed E-state index contributed by atoms with van der Waals surface area (Å²) in [5.74, 6) is -0.295. The van der Waals surface area contributed by atoms with E-state index in [1.165, 1.54) is 6.20 Å². The summed E-state index contributed by atoms with van der Waals surface area (Å²) >= 11 is 1.58. The highest BCUT2D eigenvalue weighted by Crippen LogP contribution is 2.25. The van der Waals surface area contributed by atoms with Crippen molar-refractivity contribution in [3.05, 3.63) is 45.9 Å². The van der Waals surface area contributed by atoms with Gasteiger partial charge in [-0.15, -0.1) is 11.3 Å². The van der Waals surface area contributed by atoms with E-state index in [2.05, 4.69) is 22.2 Å². The van der Waals surface area contributed by atoms with Gasteiger partial charge in [0.1, 0.15) is 5.82 Å². The van der Waals surface area contributed by atoms with E-state index in [4.69, 9.17) is 0 Å². The van der Waals surface area contributed by atoms with Crippen LogP contribution in [0.1, 0.15) is 35.7 Å². The molecule has 0 aliphatic heterocycles. The van der Waals surface area contributed by atoms with Gasteiger partial charge < -0.3 is 5.32 Å². The summed E-state index contributed by atoms with van der Waals surface area (Å²) in [6.45, 7) is 4.86. The Bertz CT molecular complexity index is 512. The van der Waals surface area contributed by atoms with Crippen LogP contribution in [-0.4, -0.2) is 16.5 Å². The van der Waals surface area contributed by atoms with Gasteiger partial charge >= 0.3 is 0 Å². The summed E-state index contributed by atoms with van der Waals surface area (Å²) < 4.78 is 13.8. The van der Waals surface area contributed by atoms with Gasteiger partial charge in [0.25, 0.3) is 0 Å². The molecule has 0 saturated heterocycles. The molecular formula is C13H16FN3S. The molecule has 0 fully saturated rings. The van der Waals surface area contributed by atoms with Crippen LogP contribution in [0.5, 0.6) is 0 Å². The Balaban J connectivity index is 2.33. The van der Waals surface area contributed by atoms with Crippen molar-refractivity contribution in [1.29, 1.82) is 0 Å². The molecule has 0 bridgehead atoms. The summed E-state index contributed by atoms with van der Waals surface area (Å²) in [6, 6.07) is 1.51. The van der Waals surface area contributed by atoms with E-state index >= 15 is 0 Å². The maximum absolute atomic E-state index is 13.8. The van der Waals surface area contributed by atoms with Gasteiger partial charge in [0.05, 0.1) is 22.9 Å². The first-order valence-electron chi connectivity index (χ1n) is 5.97. The molecular weight excluding hydrogens is 249 g/mol. The maximum atomic E-state index is 13.8. The highest BCUT2D eigenvalue weighted by Gasteiger charge is 2.19. The van der Waals surface area contributed by atoms with Crippen LogP contribution in [0.25, 0.3) is 0 Å². The van der Waals surface area contributed by atoms with E-state index in [1.807, 2.05) is 12.3 Å². The molecule has 3 nitrogen and oxygen atoms in total. The number of hydrogen-bond acceptors (Lipinski definition) is 4. The minimum Gasteiger partial charge on any atom is -0.305 e. The molecule has 2 aromatic heterocycles. The highest BCUT2D eigenvalue weighted by molar-refractivity contribution is 7.09. The van der Waals surface area contributed by atoms with Gasteiger partial charge in [-0.25, -0.2) is 9.37 Å². The first-order chi connectivity index (χ1) is 8.72. The van der Waals surface area contributed by atoms with E-state index in [9.17, 15) is 4.39 Å².